The van der Waals surface area contributed by atoms with Gasteiger partial charge < -0.3 is 10.7 Å². The van der Waals surface area contributed by atoms with Crippen LogP contribution in [0.3, 0.4) is 0 Å². The van der Waals surface area contributed by atoms with Crippen molar-refractivity contribution in [2.75, 3.05) is 0 Å². The standard InChI is InChI=1S/C15H17N5O3.ClH/c1-9-11(13(21)19-15(23)18-9)8-17-20-14(22)12(16)7-10-5-3-2-4-6-10;/h2-6,8,12H,7,16H2,1H3,(H,20,22)(H2,18,19,21,23);1H/b17-8+;/t12-;/m0./s1. The summed E-state index contributed by atoms with van der Waals surface area (Å²) in [6, 6.07) is 8.60. The highest BCUT2D eigenvalue weighted by Crippen LogP contribution is 2.01. The molecular formula is C15H18ClN5O3. The van der Waals surface area contributed by atoms with Crippen LogP contribution in [0.15, 0.2) is 45.0 Å². The van der Waals surface area contributed by atoms with Crippen LogP contribution < -0.4 is 22.4 Å². The Balaban J connectivity index is 0.00000288. The summed E-state index contributed by atoms with van der Waals surface area (Å²) in [5, 5.41) is 3.71. The second-order valence-corrected chi connectivity index (χ2v) is 4.98. The van der Waals surface area contributed by atoms with Crippen molar-refractivity contribution >= 4 is 24.5 Å². The normalized spacial score (nSPS) is 11.8. The summed E-state index contributed by atoms with van der Waals surface area (Å²) in [6.07, 6.45) is 1.54. The fourth-order valence-corrected chi connectivity index (χ4v) is 1.97. The molecule has 0 saturated carbocycles. The molecule has 1 amide bonds. The van der Waals surface area contributed by atoms with E-state index in [9.17, 15) is 14.4 Å². The lowest BCUT2D eigenvalue weighted by atomic mass is 10.1. The molecule has 0 saturated heterocycles. The Kier molecular flexibility index (Phi) is 7.09. The number of rotatable bonds is 5. The number of hydrogen-bond donors (Lipinski definition) is 4. The quantitative estimate of drug-likeness (QED) is 0.439. The Morgan fingerprint density at radius 1 is 1.29 bits per heavy atom. The molecule has 2 aromatic rings. The number of aromatic amines is 2. The molecule has 0 spiro atoms. The van der Waals surface area contributed by atoms with E-state index in [0.717, 1.165) is 11.8 Å². The number of carbonyl (C=O) groups excluding carboxylic acids is 1. The molecular weight excluding hydrogens is 334 g/mol. The minimum Gasteiger partial charge on any atom is -0.320 e. The summed E-state index contributed by atoms with van der Waals surface area (Å²) in [5.41, 5.74) is 8.35. The summed E-state index contributed by atoms with van der Waals surface area (Å²) in [5.74, 6) is -0.469. The van der Waals surface area contributed by atoms with E-state index in [4.69, 9.17) is 5.73 Å². The molecule has 2 rings (SSSR count). The number of aryl methyl sites for hydroxylation is 1. The Morgan fingerprint density at radius 3 is 2.58 bits per heavy atom. The predicted molar refractivity (Wildman–Crippen MR) is 93.5 cm³/mol. The number of carbonyl (C=O) groups is 1. The van der Waals surface area contributed by atoms with Gasteiger partial charge in [0, 0.05) is 5.69 Å². The maximum absolute atomic E-state index is 11.9. The van der Waals surface area contributed by atoms with Crippen LogP contribution >= 0.6 is 12.4 Å². The highest BCUT2D eigenvalue weighted by molar-refractivity contribution is 5.85. The van der Waals surface area contributed by atoms with Gasteiger partial charge in [-0.2, -0.15) is 5.10 Å². The number of benzene rings is 1. The number of nitrogens with one attached hydrogen (secondary N) is 3. The molecule has 0 fully saturated rings. The van der Waals surface area contributed by atoms with Crippen LogP contribution in [0, 0.1) is 6.92 Å². The van der Waals surface area contributed by atoms with E-state index in [0.29, 0.717) is 12.1 Å². The van der Waals surface area contributed by atoms with E-state index < -0.39 is 23.2 Å². The van der Waals surface area contributed by atoms with E-state index in [-0.39, 0.29) is 18.0 Å². The molecule has 1 aromatic carbocycles. The van der Waals surface area contributed by atoms with E-state index in [1.807, 2.05) is 30.3 Å². The molecule has 1 aromatic heterocycles. The predicted octanol–water partition coefficient (Wildman–Crippen LogP) is -0.186. The minimum absolute atomic E-state index is 0. The number of nitrogens with two attached hydrogens (primary N) is 1. The van der Waals surface area contributed by atoms with Crippen LogP contribution in [-0.2, 0) is 11.2 Å². The maximum Gasteiger partial charge on any atom is 0.325 e. The van der Waals surface area contributed by atoms with Crippen LogP contribution in [-0.4, -0.2) is 28.1 Å². The monoisotopic (exact) mass is 351 g/mol. The van der Waals surface area contributed by atoms with Crippen molar-refractivity contribution in [3.8, 4) is 0 Å². The minimum atomic E-state index is -0.760. The van der Waals surface area contributed by atoms with E-state index in [1.54, 1.807) is 6.92 Å². The van der Waals surface area contributed by atoms with E-state index >= 15 is 0 Å². The van der Waals surface area contributed by atoms with Crippen molar-refractivity contribution in [2.24, 2.45) is 10.8 Å². The van der Waals surface area contributed by atoms with Gasteiger partial charge in [-0.1, -0.05) is 30.3 Å². The van der Waals surface area contributed by atoms with Crippen LogP contribution in [0.1, 0.15) is 16.8 Å². The average Bonchev–Trinajstić information content (AvgIpc) is 2.50. The van der Waals surface area contributed by atoms with Gasteiger partial charge in [-0.05, 0) is 18.9 Å². The summed E-state index contributed by atoms with van der Waals surface area (Å²) in [4.78, 5) is 39.1. The van der Waals surface area contributed by atoms with Crippen molar-refractivity contribution < 1.29 is 4.79 Å². The topological polar surface area (TPSA) is 133 Å². The third-order valence-corrected chi connectivity index (χ3v) is 3.18. The molecule has 0 aliphatic carbocycles. The molecule has 0 radical (unpaired) electrons. The Hall–Kier alpha value is -2.71. The fraction of sp³-hybridized carbons (Fsp3) is 0.200. The smallest absolute Gasteiger partial charge is 0.320 e. The number of nitrogens with zero attached hydrogens (tertiary/aromatic N) is 1. The molecule has 128 valence electrons. The zero-order chi connectivity index (χ0) is 16.8. The number of amides is 1. The molecule has 1 heterocycles. The second-order valence-electron chi connectivity index (χ2n) is 4.98. The van der Waals surface area contributed by atoms with Crippen molar-refractivity contribution in [1.29, 1.82) is 0 Å². The Morgan fingerprint density at radius 2 is 1.96 bits per heavy atom. The molecule has 0 unspecified atom stereocenters. The van der Waals surface area contributed by atoms with Gasteiger partial charge in [0.15, 0.2) is 0 Å². The summed E-state index contributed by atoms with van der Waals surface area (Å²) in [7, 11) is 0. The highest BCUT2D eigenvalue weighted by Gasteiger charge is 2.13. The first kappa shape index (κ1) is 19.3. The number of aromatic nitrogens is 2. The summed E-state index contributed by atoms with van der Waals surface area (Å²) >= 11 is 0. The van der Waals surface area contributed by atoms with Crippen LogP contribution in [0.4, 0.5) is 0 Å². The van der Waals surface area contributed by atoms with Gasteiger partial charge in [-0.15, -0.1) is 12.4 Å². The first-order valence-corrected chi connectivity index (χ1v) is 6.93. The van der Waals surface area contributed by atoms with Gasteiger partial charge in [0.2, 0.25) is 0 Å². The van der Waals surface area contributed by atoms with Gasteiger partial charge >= 0.3 is 5.69 Å². The van der Waals surface area contributed by atoms with Crippen LogP contribution in [0.2, 0.25) is 0 Å². The molecule has 9 heteroatoms. The lowest BCUT2D eigenvalue weighted by molar-refractivity contribution is -0.122. The van der Waals surface area contributed by atoms with Gasteiger partial charge in [0.25, 0.3) is 11.5 Å². The highest BCUT2D eigenvalue weighted by atomic mass is 35.5. The number of hydrazone groups is 1. The molecule has 8 nitrogen and oxygen atoms in total. The van der Waals surface area contributed by atoms with Crippen molar-refractivity contribution in [3.05, 3.63) is 68.0 Å². The fourth-order valence-electron chi connectivity index (χ4n) is 1.97. The second kappa shape index (κ2) is 8.80. The SMILES string of the molecule is Cc1[nH]c(=O)[nH]c(=O)c1/C=N/NC(=O)[C@@H](N)Cc1ccccc1.Cl. The van der Waals surface area contributed by atoms with Gasteiger partial charge in [-0.25, -0.2) is 10.2 Å². The zero-order valence-corrected chi connectivity index (χ0v) is 13.7. The third-order valence-electron chi connectivity index (χ3n) is 3.18. The van der Waals surface area contributed by atoms with Crippen LogP contribution in [0.5, 0.6) is 0 Å². The Labute approximate surface area is 143 Å². The number of H-pyrrole nitrogens is 2. The van der Waals surface area contributed by atoms with Crippen LogP contribution in [0.25, 0.3) is 0 Å². The zero-order valence-electron chi connectivity index (χ0n) is 12.9. The first-order valence-electron chi connectivity index (χ1n) is 6.93. The average molecular weight is 352 g/mol. The molecule has 1 atom stereocenters. The largest absolute Gasteiger partial charge is 0.325 e. The molecule has 0 bridgehead atoms. The molecule has 0 aliphatic rings. The first-order chi connectivity index (χ1) is 11.0. The Bertz CT molecular complexity index is 829. The van der Waals surface area contributed by atoms with Gasteiger partial charge in [-0.3, -0.25) is 14.6 Å². The van der Waals surface area contributed by atoms with Crippen molar-refractivity contribution in [2.45, 2.75) is 19.4 Å². The van der Waals surface area contributed by atoms with E-state index in [2.05, 4.69) is 20.5 Å². The summed E-state index contributed by atoms with van der Waals surface area (Å²) < 4.78 is 0. The van der Waals surface area contributed by atoms with Gasteiger partial charge in [0.05, 0.1) is 17.8 Å². The van der Waals surface area contributed by atoms with E-state index in [1.165, 1.54) is 0 Å². The third kappa shape index (κ3) is 5.18. The van der Waals surface area contributed by atoms with Gasteiger partial charge in [0.1, 0.15) is 0 Å². The molecule has 24 heavy (non-hydrogen) atoms. The lowest BCUT2D eigenvalue weighted by Crippen LogP contribution is -2.40. The number of halogens is 1. The maximum atomic E-state index is 11.9. The van der Waals surface area contributed by atoms with Crippen molar-refractivity contribution in [1.82, 2.24) is 15.4 Å². The number of hydrogen-bond acceptors (Lipinski definition) is 5. The molecule has 0 aliphatic heterocycles. The lowest BCUT2D eigenvalue weighted by Gasteiger charge is -2.09. The van der Waals surface area contributed by atoms with Crippen molar-refractivity contribution in [3.63, 3.8) is 0 Å². The summed E-state index contributed by atoms with van der Waals surface area (Å²) in [6.45, 7) is 1.56. The molecule has 5 N–H and O–H groups in total.